The second-order valence-corrected chi connectivity index (χ2v) is 4.43. The van der Waals surface area contributed by atoms with E-state index in [1.807, 2.05) is 31.2 Å². The number of carbonyl (C=O) groups is 1. The third kappa shape index (κ3) is 6.49. The van der Waals surface area contributed by atoms with E-state index in [1.165, 1.54) is 5.56 Å². The van der Waals surface area contributed by atoms with Crippen molar-refractivity contribution in [2.75, 3.05) is 13.2 Å². The molecule has 0 aliphatic heterocycles. The highest BCUT2D eigenvalue weighted by molar-refractivity contribution is 5.77. The van der Waals surface area contributed by atoms with Crippen molar-refractivity contribution in [3.8, 4) is 18.1 Å². The summed E-state index contributed by atoms with van der Waals surface area (Å²) in [5.41, 5.74) is 6.92. The predicted molar refractivity (Wildman–Crippen MR) is 75.8 cm³/mol. The van der Waals surface area contributed by atoms with Crippen molar-refractivity contribution in [1.29, 1.82) is 0 Å². The van der Waals surface area contributed by atoms with Gasteiger partial charge in [0.25, 0.3) is 5.91 Å². The summed E-state index contributed by atoms with van der Waals surface area (Å²) in [4.78, 5) is 11.3. The Morgan fingerprint density at radius 2 is 2.16 bits per heavy atom. The summed E-state index contributed by atoms with van der Waals surface area (Å²) >= 11 is 0. The number of amides is 1. The molecule has 3 N–H and O–H groups in total. The Balaban J connectivity index is 2.36. The lowest BCUT2D eigenvalue weighted by Gasteiger charge is -2.08. The van der Waals surface area contributed by atoms with Gasteiger partial charge in [0, 0.05) is 6.04 Å². The smallest absolute Gasteiger partial charge is 0.258 e. The van der Waals surface area contributed by atoms with E-state index in [2.05, 4.69) is 11.2 Å². The molecule has 0 radical (unpaired) electrons. The Bertz CT molecular complexity index is 432. The molecular weight excluding hydrogens is 240 g/mol. The summed E-state index contributed by atoms with van der Waals surface area (Å²) < 4.78 is 5.34. The van der Waals surface area contributed by atoms with E-state index < -0.39 is 0 Å². The van der Waals surface area contributed by atoms with E-state index in [0.29, 0.717) is 5.75 Å². The fourth-order valence-electron chi connectivity index (χ4n) is 1.50. The summed E-state index contributed by atoms with van der Waals surface area (Å²) in [7, 11) is 0. The lowest BCUT2D eigenvalue weighted by atomic mass is 10.1. The first kappa shape index (κ1) is 15.1. The average molecular weight is 260 g/mol. The molecule has 0 aliphatic rings. The number of terminal acetylenes is 1. The van der Waals surface area contributed by atoms with Gasteiger partial charge in [-0.3, -0.25) is 4.79 Å². The highest BCUT2D eigenvalue weighted by Crippen LogP contribution is 2.13. The molecule has 102 valence electrons. The Labute approximate surface area is 114 Å². The van der Waals surface area contributed by atoms with Crippen molar-refractivity contribution >= 4 is 5.91 Å². The van der Waals surface area contributed by atoms with Crippen LogP contribution >= 0.6 is 0 Å². The van der Waals surface area contributed by atoms with Crippen LogP contribution in [0.1, 0.15) is 18.9 Å². The van der Waals surface area contributed by atoms with Gasteiger partial charge in [-0.2, -0.15) is 0 Å². The standard InChI is InChI=1S/C15H20N2O2/c1-3-10-17-15(18)11-19-14-8-6-13(7-9-14)5-4-12(2)16/h1,6-9,12H,4-5,10-11,16H2,2H3,(H,17,18). The molecule has 1 atom stereocenters. The minimum absolute atomic E-state index is 0.0269. The van der Waals surface area contributed by atoms with Crippen molar-refractivity contribution in [2.24, 2.45) is 5.73 Å². The van der Waals surface area contributed by atoms with Crippen LogP contribution in [0.25, 0.3) is 0 Å². The highest BCUT2D eigenvalue weighted by atomic mass is 16.5. The molecule has 0 spiro atoms. The van der Waals surface area contributed by atoms with E-state index in [1.54, 1.807) is 0 Å². The molecule has 0 bridgehead atoms. The van der Waals surface area contributed by atoms with Gasteiger partial charge >= 0.3 is 0 Å². The first-order valence-electron chi connectivity index (χ1n) is 6.29. The molecule has 0 saturated heterocycles. The normalized spacial score (nSPS) is 11.4. The molecule has 0 saturated carbocycles. The molecule has 0 aromatic heterocycles. The molecule has 19 heavy (non-hydrogen) atoms. The Kier molecular flexibility index (Phi) is 6.48. The Hall–Kier alpha value is -1.99. The zero-order valence-corrected chi connectivity index (χ0v) is 11.2. The maximum atomic E-state index is 11.3. The second kappa shape index (κ2) is 8.17. The van der Waals surface area contributed by atoms with Crippen LogP contribution in [-0.2, 0) is 11.2 Å². The van der Waals surface area contributed by atoms with Crippen LogP contribution in [0, 0.1) is 12.3 Å². The number of ether oxygens (including phenoxy) is 1. The summed E-state index contributed by atoms with van der Waals surface area (Å²) in [6.07, 6.45) is 6.93. The van der Waals surface area contributed by atoms with Crippen LogP contribution in [0.5, 0.6) is 5.75 Å². The molecule has 1 aromatic rings. The van der Waals surface area contributed by atoms with Crippen LogP contribution in [0.2, 0.25) is 0 Å². The molecule has 1 amide bonds. The van der Waals surface area contributed by atoms with Gasteiger partial charge in [0.2, 0.25) is 0 Å². The maximum Gasteiger partial charge on any atom is 0.258 e. The van der Waals surface area contributed by atoms with Crippen LogP contribution in [0.3, 0.4) is 0 Å². The number of nitrogens with one attached hydrogen (secondary N) is 1. The van der Waals surface area contributed by atoms with E-state index in [-0.39, 0.29) is 25.1 Å². The molecule has 1 rings (SSSR count). The first-order chi connectivity index (χ1) is 9.11. The predicted octanol–water partition coefficient (Wildman–Crippen LogP) is 1.09. The topological polar surface area (TPSA) is 64.3 Å². The summed E-state index contributed by atoms with van der Waals surface area (Å²) in [6, 6.07) is 7.88. The largest absolute Gasteiger partial charge is 0.484 e. The molecule has 0 heterocycles. The molecule has 4 nitrogen and oxygen atoms in total. The molecule has 1 aromatic carbocycles. The Morgan fingerprint density at radius 3 is 2.74 bits per heavy atom. The van der Waals surface area contributed by atoms with Crippen molar-refractivity contribution in [3.05, 3.63) is 29.8 Å². The zero-order valence-electron chi connectivity index (χ0n) is 11.2. The average Bonchev–Trinajstić information content (AvgIpc) is 2.41. The number of benzene rings is 1. The molecular formula is C15H20N2O2. The van der Waals surface area contributed by atoms with E-state index in [0.717, 1.165) is 12.8 Å². The van der Waals surface area contributed by atoms with Gasteiger partial charge in [0.15, 0.2) is 6.61 Å². The van der Waals surface area contributed by atoms with Crippen LogP contribution in [0.15, 0.2) is 24.3 Å². The highest BCUT2D eigenvalue weighted by Gasteiger charge is 2.02. The fraction of sp³-hybridized carbons (Fsp3) is 0.400. The van der Waals surface area contributed by atoms with E-state index in [4.69, 9.17) is 16.9 Å². The van der Waals surface area contributed by atoms with Gasteiger partial charge in [0.05, 0.1) is 6.54 Å². The van der Waals surface area contributed by atoms with Crippen LogP contribution < -0.4 is 15.8 Å². The second-order valence-electron chi connectivity index (χ2n) is 4.43. The quantitative estimate of drug-likeness (QED) is 0.721. The maximum absolute atomic E-state index is 11.3. The minimum atomic E-state index is -0.223. The van der Waals surface area contributed by atoms with Crippen molar-refractivity contribution in [2.45, 2.75) is 25.8 Å². The van der Waals surface area contributed by atoms with E-state index >= 15 is 0 Å². The molecule has 0 fully saturated rings. The third-order valence-corrected chi connectivity index (χ3v) is 2.57. The molecule has 1 unspecified atom stereocenters. The Morgan fingerprint density at radius 1 is 1.47 bits per heavy atom. The number of rotatable bonds is 7. The molecule has 0 aliphatic carbocycles. The van der Waals surface area contributed by atoms with Gasteiger partial charge in [-0.05, 0) is 37.5 Å². The van der Waals surface area contributed by atoms with Crippen molar-refractivity contribution < 1.29 is 9.53 Å². The lowest BCUT2D eigenvalue weighted by molar-refractivity contribution is -0.122. The van der Waals surface area contributed by atoms with Gasteiger partial charge in [-0.25, -0.2) is 0 Å². The third-order valence-electron chi connectivity index (χ3n) is 2.57. The lowest BCUT2D eigenvalue weighted by Crippen LogP contribution is -2.28. The fourth-order valence-corrected chi connectivity index (χ4v) is 1.50. The molecule has 4 heteroatoms. The number of hydrogen-bond acceptors (Lipinski definition) is 3. The van der Waals surface area contributed by atoms with Gasteiger partial charge in [-0.1, -0.05) is 18.1 Å². The number of carbonyl (C=O) groups excluding carboxylic acids is 1. The van der Waals surface area contributed by atoms with Gasteiger partial charge < -0.3 is 15.8 Å². The van der Waals surface area contributed by atoms with Gasteiger partial charge in [-0.15, -0.1) is 6.42 Å². The number of aryl methyl sites for hydroxylation is 1. The number of nitrogens with two attached hydrogens (primary N) is 1. The van der Waals surface area contributed by atoms with Crippen molar-refractivity contribution in [3.63, 3.8) is 0 Å². The summed E-state index contributed by atoms with van der Waals surface area (Å²) in [6.45, 7) is 2.19. The van der Waals surface area contributed by atoms with E-state index in [9.17, 15) is 4.79 Å². The van der Waals surface area contributed by atoms with Crippen molar-refractivity contribution in [1.82, 2.24) is 5.32 Å². The minimum Gasteiger partial charge on any atom is -0.484 e. The zero-order chi connectivity index (χ0) is 14.1. The summed E-state index contributed by atoms with van der Waals surface area (Å²) in [5.74, 6) is 2.77. The SMILES string of the molecule is C#CCNC(=O)COc1ccc(CCC(C)N)cc1. The van der Waals surface area contributed by atoms with Crippen LogP contribution in [0.4, 0.5) is 0 Å². The first-order valence-corrected chi connectivity index (χ1v) is 6.29. The summed E-state index contributed by atoms with van der Waals surface area (Å²) in [5, 5.41) is 2.53. The number of hydrogen-bond donors (Lipinski definition) is 2. The monoisotopic (exact) mass is 260 g/mol. The van der Waals surface area contributed by atoms with Gasteiger partial charge in [0.1, 0.15) is 5.75 Å². The van der Waals surface area contributed by atoms with Crippen LogP contribution in [-0.4, -0.2) is 25.1 Å².